The first-order valence-corrected chi connectivity index (χ1v) is 8.03. The Labute approximate surface area is 133 Å². The van der Waals surface area contributed by atoms with E-state index in [4.69, 9.17) is 4.74 Å². The van der Waals surface area contributed by atoms with Crippen LogP contribution in [0.1, 0.15) is 19.4 Å². The SMILES string of the molecule is CC(C)CN1CCOC(CNC(=O)NCc2ccccc2)C1. The molecule has 0 aromatic heterocycles. The van der Waals surface area contributed by atoms with Gasteiger partial charge in [-0.3, -0.25) is 4.90 Å². The van der Waals surface area contributed by atoms with E-state index in [0.717, 1.165) is 31.8 Å². The second-order valence-corrected chi connectivity index (χ2v) is 6.20. The lowest BCUT2D eigenvalue weighted by Gasteiger charge is -2.33. The molecule has 2 N–H and O–H groups in total. The molecule has 1 aromatic carbocycles. The zero-order valence-corrected chi connectivity index (χ0v) is 13.5. The molecule has 22 heavy (non-hydrogen) atoms. The molecule has 0 bridgehead atoms. The predicted octanol–water partition coefficient (Wildman–Crippen LogP) is 1.84. The van der Waals surface area contributed by atoms with Gasteiger partial charge in [-0.1, -0.05) is 44.2 Å². The van der Waals surface area contributed by atoms with Crippen molar-refractivity contribution < 1.29 is 9.53 Å². The van der Waals surface area contributed by atoms with Gasteiger partial charge in [0, 0.05) is 32.7 Å². The average Bonchev–Trinajstić information content (AvgIpc) is 2.52. The number of amides is 2. The van der Waals surface area contributed by atoms with Crippen LogP contribution in [0.4, 0.5) is 4.79 Å². The number of rotatable bonds is 6. The van der Waals surface area contributed by atoms with Crippen LogP contribution >= 0.6 is 0 Å². The molecule has 1 fully saturated rings. The van der Waals surface area contributed by atoms with Gasteiger partial charge in [-0.25, -0.2) is 4.79 Å². The first-order valence-electron chi connectivity index (χ1n) is 8.03. The van der Waals surface area contributed by atoms with Crippen LogP contribution in [0.25, 0.3) is 0 Å². The van der Waals surface area contributed by atoms with Crippen LogP contribution in [-0.4, -0.2) is 49.8 Å². The quantitative estimate of drug-likeness (QED) is 0.843. The molecule has 0 saturated carbocycles. The lowest BCUT2D eigenvalue weighted by Crippen LogP contribution is -2.49. The Bertz CT molecular complexity index is 450. The lowest BCUT2D eigenvalue weighted by atomic mass is 10.2. The Hall–Kier alpha value is -1.59. The van der Waals surface area contributed by atoms with Crippen molar-refractivity contribution in [2.24, 2.45) is 5.92 Å². The number of urea groups is 1. The van der Waals surface area contributed by atoms with E-state index < -0.39 is 0 Å². The molecule has 0 spiro atoms. The standard InChI is InChI=1S/C17H27N3O2/c1-14(2)12-20-8-9-22-16(13-20)11-19-17(21)18-10-15-6-4-3-5-7-15/h3-7,14,16H,8-13H2,1-2H3,(H2,18,19,21). The minimum Gasteiger partial charge on any atom is -0.374 e. The monoisotopic (exact) mass is 305 g/mol. The molecule has 2 rings (SSSR count). The van der Waals surface area contributed by atoms with Crippen LogP contribution in [0.2, 0.25) is 0 Å². The molecular formula is C17H27N3O2. The third-order valence-electron chi connectivity index (χ3n) is 3.63. The normalized spacial score (nSPS) is 19.1. The van der Waals surface area contributed by atoms with Crippen LogP contribution in [0, 0.1) is 5.92 Å². The Balaban J connectivity index is 1.65. The Kier molecular flexibility index (Phi) is 6.68. The molecule has 1 unspecified atom stereocenters. The predicted molar refractivity (Wildman–Crippen MR) is 87.7 cm³/mol. The zero-order valence-electron chi connectivity index (χ0n) is 13.5. The summed E-state index contributed by atoms with van der Waals surface area (Å²) in [6, 6.07) is 9.74. The van der Waals surface area contributed by atoms with E-state index in [0.29, 0.717) is 19.0 Å². The first-order chi connectivity index (χ1) is 10.6. The summed E-state index contributed by atoms with van der Waals surface area (Å²) in [4.78, 5) is 14.2. The summed E-state index contributed by atoms with van der Waals surface area (Å²) >= 11 is 0. The molecule has 2 amide bonds. The van der Waals surface area contributed by atoms with Crippen molar-refractivity contribution in [3.63, 3.8) is 0 Å². The minimum absolute atomic E-state index is 0.0787. The summed E-state index contributed by atoms with van der Waals surface area (Å²) in [5, 5.41) is 5.76. The molecule has 0 radical (unpaired) electrons. The van der Waals surface area contributed by atoms with Crippen molar-refractivity contribution in [3.8, 4) is 0 Å². The number of ether oxygens (including phenoxy) is 1. The average molecular weight is 305 g/mol. The van der Waals surface area contributed by atoms with Crippen molar-refractivity contribution in [1.82, 2.24) is 15.5 Å². The molecule has 1 saturated heterocycles. The number of hydrogen-bond acceptors (Lipinski definition) is 3. The molecule has 1 heterocycles. The van der Waals surface area contributed by atoms with Gasteiger partial charge < -0.3 is 15.4 Å². The molecular weight excluding hydrogens is 278 g/mol. The molecule has 1 aromatic rings. The van der Waals surface area contributed by atoms with Crippen LogP contribution in [0.5, 0.6) is 0 Å². The molecule has 1 atom stereocenters. The molecule has 1 aliphatic rings. The molecule has 122 valence electrons. The maximum atomic E-state index is 11.8. The van der Waals surface area contributed by atoms with E-state index in [9.17, 15) is 4.79 Å². The smallest absolute Gasteiger partial charge is 0.315 e. The van der Waals surface area contributed by atoms with Crippen molar-refractivity contribution in [3.05, 3.63) is 35.9 Å². The highest BCUT2D eigenvalue weighted by Crippen LogP contribution is 2.07. The summed E-state index contributed by atoms with van der Waals surface area (Å²) in [5.41, 5.74) is 1.09. The van der Waals surface area contributed by atoms with E-state index in [-0.39, 0.29) is 12.1 Å². The Morgan fingerprint density at radius 2 is 2.09 bits per heavy atom. The van der Waals surface area contributed by atoms with Gasteiger partial charge in [-0.15, -0.1) is 0 Å². The van der Waals surface area contributed by atoms with E-state index in [1.165, 1.54) is 0 Å². The Morgan fingerprint density at radius 3 is 2.82 bits per heavy atom. The van der Waals surface area contributed by atoms with Crippen molar-refractivity contribution >= 4 is 6.03 Å². The maximum Gasteiger partial charge on any atom is 0.315 e. The zero-order chi connectivity index (χ0) is 15.8. The van der Waals surface area contributed by atoms with E-state index in [2.05, 4.69) is 29.4 Å². The highest BCUT2D eigenvalue weighted by Gasteiger charge is 2.21. The van der Waals surface area contributed by atoms with Crippen molar-refractivity contribution in [2.45, 2.75) is 26.5 Å². The van der Waals surface area contributed by atoms with Gasteiger partial charge in [0.25, 0.3) is 0 Å². The third kappa shape index (κ3) is 6.03. The fourth-order valence-electron chi connectivity index (χ4n) is 2.63. The fourth-order valence-corrected chi connectivity index (χ4v) is 2.63. The van der Waals surface area contributed by atoms with Crippen LogP contribution in [0.3, 0.4) is 0 Å². The van der Waals surface area contributed by atoms with Crippen molar-refractivity contribution in [2.75, 3.05) is 32.8 Å². The van der Waals surface area contributed by atoms with Gasteiger partial charge in [0.15, 0.2) is 0 Å². The fraction of sp³-hybridized carbons (Fsp3) is 0.588. The Morgan fingerprint density at radius 1 is 1.32 bits per heavy atom. The second kappa shape index (κ2) is 8.76. The van der Waals surface area contributed by atoms with Crippen LogP contribution in [0.15, 0.2) is 30.3 Å². The second-order valence-electron chi connectivity index (χ2n) is 6.20. The maximum absolute atomic E-state index is 11.8. The number of nitrogens with zero attached hydrogens (tertiary/aromatic N) is 1. The third-order valence-corrected chi connectivity index (χ3v) is 3.63. The highest BCUT2D eigenvalue weighted by molar-refractivity contribution is 5.73. The number of nitrogens with one attached hydrogen (secondary N) is 2. The number of hydrogen-bond donors (Lipinski definition) is 2. The summed E-state index contributed by atoms with van der Waals surface area (Å²) in [6.07, 6.45) is 0.0787. The molecule has 0 aliphatic carbocycles. The number of benzene rings is 1. The number of carbonyl (C=O) groups is 1. The number of morpholine rings is 1. The first kappa shape index (κ1) is 16.8. The van der Waals surface area contributed by atoms with Crippen molar-refractivity contribution in [1.29, 1.82) is 0 Å². The van der Waals surface area contributed by atoms with E-state index in [1.807, 2.05) is 30.3 Å². The minimum atomic E-state index is -0.145. The van der Waals surface area contributed by atoms with Gasteiger partial charge >= 0.3 is 6.03 Å². The van der Waals surface area contributed by atoms with Gasteiger partial charge in [0.2, 0.25) is 0 Å². The van der Waals surface area contributed by atoms with Crippen LogP contribution < -0.4 is 10.6 Å². The highest BCUT2D eigenvalue weighted by atomic mass is 16.5. The van der Waals surface area contributed by atoms with Crippen LogP contribution in [-0.2, 0) is 11.3 Å². The molecule has 5 nitrogen and oxygen atoms in total. The van der Waals surface area contributed by atoms with E-state index in [1.54, 1.807) is 0 Å². The van der Waals surface area contributed by atoms with Gasteiger partial charge in [-0.2, -0.15) is 0 Å². The van der Waals surface area contributed by atoms with Gasteiger partial charge in [0.1, 0.15) is 0 Å². The topological polar surface area (TPSA) is 53.6 Å². The van der Waals surface area contributed by atoms with Gasteiger partial charge in [0.05, 0.1) is 12.7 Å². The summed E-state index contributed by atoms with van der Waals surface area (Å²) in [6.45, 7) is 9.23. The van der Waals surface area contributed by atoms with E-state index >= 15 is 0 Å². The summed E-state index contributed by atoms with van der Waals surface area (Å²) < 4.78 is 5.72. The summed E-state index contributed by atoms with van der Waals surface area (Å²) in [7, 11) is 0. The van der Waals surface area contributed by atoms with Gasteiger partial charge in [-0.05, 0) is 11.5 Å². The lowest BCUT2D eigenvalue weighted by molar-refractivity contribution is -0.0290. The largest absolute Gasteiger partial charge is 0.374 e. The number of carbonyl (C=O) groups excluding carboxylic acids is 1. The summed E-state index contributed by atoms with van der Waals surface area (Å²) in [5.74, 6) is 0.654. The molecule has 1 aliphatic heterocycles. The molecule has 5 heteroatoms.